The maximum absolute atomic E-state index is 9.31. The molecule has 8 heteroatoms. The fourth-order valence-corrected chi connectivity index (χ4v) is 4.54. The number of aromatic nitrogens is 4. The molecule has 2 aliphatic rings. The summed E-state index contributed by atoms with van der Waals surface area (Å²) in [4.78, 5) is 7.49. The molecule has 0 aromatic carbocycles. The van der Waals surface area contributed by atoms with Crippen LogP contribution in [0.25, 0.3) is 22.2 Å². The largest absolute Gasteiger partial charge is 0.346 e. The smallest absolute Gasteiger partial charge is 0.137 e. The Hall–Kier alpha value is -2.34. The molecule has 1 N–H and O–H groups in total. The molecule has 3 aromatic heterocycles. The molecule has 0 spiro atoms. The third kappa shape index (κ3) is 2.52. The van der Waals surface area contributed by atoms with E-state index in [2.05, 4.69) is 35.9 Å². The Labute approximate surface area is 149 Å². The van der Waals surface area contributed by atoms with Gasteiger partial charge in [0.1, 0.15) is 11.2 Å². The molecule has 25 heavy (non-hydrogen) atoms. The summed E-state index contributed by atoms with van der Waals surface area (Å²) in [5.74, 6) is 0. The SMILES string of the molecule is N#CCC1(n2cc(-c3ccnc4[nH]ccc34)cn2)CN(SN2CC2)C1. The lowest BCUT2D eigenvalue weighted by Crippen LogP contribution is -2.60. The number of nitrogens with zero attached hydrogens (tertiary/aromatic N) is 6. The first-order chi connectivity index (χ1) is 12.3. The van der Waals surface area contributed by atoms with Crippen LogP contribution in [0.3, 0.4) is 0 Å². The third-order valence-electron chi connectivity index (χ3n) is 4.83. The monoisotopic (exact) mass is 351 g/mol. The highest BCUT2D eigenvalue weighted by atomic mass is 32.2. The Bertz CT molecular complexity index is 959. The maximum atomic E-state index is 9.31. The second-order valence-electron chi connectivity index (χ2n) is 6.64. The van der Waals surface area contributed by atoms with Gasteiger partial charge in [-0.1, -0.05) is 0 Å². The van der Waals surface area contributed by atoms with Crippen molar-refractivity contribution in [1.82, 2.24) is 28.4 Å². The number of hydrogen-bond acceptors (Lipinski definition) is 6. The molecule has 0 bridgehead atoms. The summed E-state index contributed by atoms with van der Waals surface area (Å²) in [5, 5.41) is 15.0. The zero-order valence-electron chi connectivity index (χ0n) is 13.6. The van der Waals surface area contributed by atoms with Crippen molar-refractivity contribution >= 4 is 23.2 Å². The highest BCUT2D eigenvalue weighted by Gasteiger charge is 2.47. The normalized spacial score (nSPS) is 19.6. The molecule has 0 atom stereocenters. The van der Waals surface area contributed by atoms with Crippen molar-refractivity contribution in [3.05, 3.63) is 36.9 Å². The second-order valence-corrected chi connectivity index (χ2v) is 7.84. The third-order valence-corrected chi connectivity index (χ3v) is 5.91. The van der Waals surface area contributed by atoms with E-state index in [4.69, 9.17) is 0 Å². The molecule has 0 amide bonds. The van der Waals surface area contributed by atoms with Crippen LogP contribution >= 0.6 is 12.1 Å². The molecule has 5 rings (SSSR count). The molecule has 0 saturated carbocycles. The van der Waals surface area contributed by atoms with E-state index in [-0.39, 0.29) is 5.54 Å². The van der Waals surface area contributed by atoms with Crippen molar-refractivity contribution in [2.24, 2.45) is 0 Å². The number of nitriles is 1. The molecular weight excluding hydrogens is 334 g/mol. The van der Waals surface area contributed by atoms with Crippen LogP contribution in [0.5, 0.6) is 0 Å². The molecular formula is C17H17N7S. The topological polar surface area (TPSA) is 76.5 Å². The van der Waals surface area contributed by atoms with Crippen LogP contribution in [0.2, 0.25) is 0 Å². The van der Waals surface area contributed by atoms with Gasteiger partial charge in [0.25, 0.3) is 0 Å². The minimum atomic E-state index is -0.222. The molecule has 3 aromatic rings. The lowest BCUT2D eigenvalue weighted by atomic mass is 9.89. The average Bonchev–Trinajstić information content (AvgIpc) is 3.09. The van der Waals surface area contributed by atoms with Gasteiger partial charge in [0.15, 0.2) is 0 Å². The lowest BCUT2D eigenvalue weighted by Gasteiger charge is -2.47. The zero-order chi connectivity index (χ0) is 16.9. The van der Waals surface area contributed by atoms with Crippen LogP contribution in [0, 0.1) is 11.3 Å². The summed E-state index contributed by atoms with van der Waals surface area (Å²) in [6.45, 7) is 4.01. The van der Waals surface area contributed by atoms with Crippen LogP contribution in [-0.2, 0) is 5.54 Å². The average molecular weight is 351 g/mol. The number of pyridine rings is 1. The molecule has 0 aliphatic carbocycles. The fourth-order valence-electron chi connectivity index (χ4n) is 3.37. The summed E-state index contributed by atoms with van der Waals surface area (Å²) >= 11 is 1.79. The van der Waals surface area contributed by atoms with Gasteiger partial charge in [0.05, 0.1) is 18.7 Å². The van der Waals surface area contributed by atoms with Gasteiger partial charge in [-0.2, -0.15) is 10.4 Å². The van der Waals surface area contributed by atoms with E-state index in [1.54, 1.807) is 12.1 Å². The van der Waals surface area contributed by atoms with E-state index in [1.807, 2.05) is 35.4 Å². The van der Waals surface area contributed by atoms with Gasteiger partial charge in [0.2, 0.25) is 0 Å². The van der Waals surface area contributed by atoms with Crippen LogP contribution < -0.4 is 0 Å². The predicted octanol–water partition coefficient (Wildman–Crippen LogP) is 2.23. The Balaban J connectivity index is 1.45. The van der Waals surface area contributed by atoms with Crippen LogP contribution in [0.1, 0.15) is 6.42 Å². The summed E-state index contributed by atoms with van der Waals surface area (Å²) in [7, 11) is 0. The van der Waals surface area contributed by atoms with Gasteiger partial charge in [-0.25, -0.2) is 13.6 Å². The van der Waals surface area contributed by atoms with Crippen LogP contribution in [-0.4, -0.2) is 54.5 Å². The van der Waals surface area contributed by atoms with Crippen molar-refractivity contribution in [2.45, 2.75) is 12.0 Å². The summed E-state index contributed by atoms with van der Waals surface area (Å²) in [6.07, 6.45) is 8.14. The van der Waals surface area contributed by atoms with Gasteiger partial charge in [-0.05, 0) is 17.7 Å². The van der Waals surface area contributed by atoms with Gasteiger partial charge < -0.3 is 4.98 Å². The molecule has 5 heterocycles. The van der Waals surface area contributed by atoms with Crippen molar-refractivity contribution < 1.29 is 0 Å². The molecule has 2 saturated heterocycles. The van der Waals surface area contributed by atoms with Gasteiger partial charge in [-0.15, -0.1) is 0 Å². The molecule has 0 radical (unpaired) electrons. The minimum Gasteiger partial charge on any atom is -0.346 e. The first-order valence-corrected chi connectivity index (χ1v) is 9.03. The van der Waals surface area contributed by atoms with E-state index < -0.39 is 0 Å². The molecule has 7 nitrogen and oxygen atoms in total. The minimum absolute atomic E-state index is 0.222. The molecule has 2 fully saturated rings. The number of fused-ring (bicyclic) bond motifs is 1. The molecule has 2 aliphatic heterocycles. The highest BCUT2D eigenvalue weighted by molar-refractivity contribution is 7.94. The Morgan fingerprint density at radius 2 is 2.16 bits per heavy atom. The summed E-state index contributed by atoms with van der Waals surface area (Å²) in [5.41, 5.74) is 2.82. The Morgan fingerprint density at radius 1 is 1.28 bits per heavy atom. The van der Waals surface area contributed by atoms with Crippen LogP contribution in [0.4, 0.5) is 0 Å². The summed E-state index contributed by atoms with van der Waals surface area (Å²) in [6, 6.07) is 6.39. The second kappa shape index (κ2) is 5.59. The summed E-state index contributed by atoms with van der Waals surface area (Å²) < 4.78 is 6.61. The Kier molecular flexibility index (Phi) is 3.35. The van der Waals surface area contributed by atoms with Crippen molar-refractivity contribution in [2.75, 3.05) is 26.2 Å². The predicted molar refractivity (Wildman–Crippen MR) is 96.3 cm³/mol. The fraction of sp³-hybridized carbons (Fsp3) is 0.353. The molecule has 126 valence electrons. The van der Waals surface area contributed by atoms with E-state index in [1.165, 1.54) is 0 Å². The van der Waals surface area contributed by atoms with E-state index in [0.29, 0.717) is 6.42 Å². The number of H-pyrrole nitrogens is 1. The highest BCUT2D eigenvalue weighted by Crippen LogP contribution is 2.40. The van der Waals surface area contributed by atoms with Gasteiger partial charge in [-0.3, -0.25) is 4.68 Å². The van der Waals surface area contributed by atoms with Crippen LogP contribution in [0.15, 0.2) is 36.9 Å². The van der Waals surface area contributed by atoms with Crippen molar-refractivity contribution in [3.63, 3.8) is 0 Å². The standard InChI is InChI=1S/C17H17N7S/c18-4-3-17(11-23(12-17)25-22-7-8-22)24-10-13(9-21-24)14-1-5-19-16-15(14)2-6-20-16/h1-2,5-6,9-10H,3,7-8,11-12H2,(H,19,20). The quantitative estimate of drug-likeness (QED) is 0.561. The van der Waals surface area contributed by atoms with E-state index >= 15 is 0 Å². The van der Waals surface area contributed by atoms with Gasteiger partial charge in [0, 0.05) is 67.9 Å². The first kappa shape index (κ1) is 15.0. The van der Waals surface area contributed by atoms with Gasteiger partial charge >= 0.3 is 0 Å². The zero-order valence-corrected chi connectivity index (χ0v) is 14.4. The Morgan fingerprint density at radius 3 is 2.96 bits per heavy atom. The maximum Gasteiger partial charge on any atom is 0.137 e. The van der Waals surface area contributed by atoms with Crippen molar-refractivity contribution in [1.29, 1.82) is 5.26 Å². The van der Waals surface area contributed by atoms with E-state index in [9.17, 15) is 5.26 Å². The number of rotatable bonds is 5. The van der Waals surface area contributed by atoms with E-state index in [0.717, 1.165) is 48.3 Å². The molecule has 0 unspecified atom stereocenters. The number of nitrogens with one attached hydrogen (secondary N) is 1. The number of hydrogen-bond donors (Lipinski definition) is 1. The van der Waals surface area contributed by atoms with Crippen molar-refractivity contribution in [3.8, 4) is 17.2 Å². The lowest BCUT2D eigenvalue weighted by molar-refractivity contribution is 0.0795. The number of aromatic amines is 1. The first-order valence-electron chi connectivity index (χ1n) is 8.30.